The van der Waals surface area contributed by atoms with Gasteiger partial charge < -0.3 is 0 Å². The summed E-state index contributed by atoms with van der Waals surface area (Å²) in [4.78, 5) is 0. The van der Waals surface area contributed by atoms with Crippen LogP contribution in [0, 0.1) is 0 Å². The monoisotopic (exact) mass is 446 g/mol. The third-order valence-corrected chi connectivity index (χ3v) is 11.6. The third kappa shape index (κ3) is 10.4. The first kappa shape index (κ1) is 27.1. The van der Waals surface area contributed by atoms with E-state index in [0.29, 0.717) is 0 Å². The Bertz CT molecular complexity index is 485. The van der Waals surface area contributed by atoms with Crippen molar-refractivity contribution in [2.75, 3.05) is 0 Å². The molecule has 27 heavy (non-hydrogen) atoms. The summed E-state index contributed by atoms with van der Waals surface area (Å²) in [7, 11) is 0.342. The Labute approximate surface area is 182 Å². The Hall–Kier alpha value is 0.0795. The zero-order chi connectivity index (χ0) is 19.7. The van der Waals surface area contributed by atoms with Crippen LogP contribution in [-0.4, -0.2) is 22.6 Å². The Morgan fingerprint density at radius 3 is 1.11 bits per heavy atom. The van der Waals surface area contributed by atoms with Crippen molar-refractivity contribution in [3.8, 4) is 0 Å². The van der Waals surface area contributed by atoms with Crippen LogP contribution < -0.4 is 0 Å². The molecule has 0 amide bonds. The van der Waals surface area contributed by atoms with Gasteiger partial charge >= 0.3 is 17.1 Å². The van der Waals surface area contributed by atoms with Crippen LogP contribution in [0.3, 0.4) is 0 Å². The Morgan fingerprint density at radius 1 is 0.630 bits per heavy atom. The molecule has 2 aromatic rings. The van der Waals surface area contributed by atoms with Crippen LogP contribution in [0.1, 0.15) is 66.5 Å². The summed E-state index contributed by atoms with van der Waals surface area (Å²) in [5, 5.41) is 0. The van der Waals surface area contributed by atoms with E-state index in [9.17, 15) is 0 Å². The second-order valence-electron chi connectivity index (χ2n) is 8.31. The molecule has 0 radical (unpaired) electrons. The van der Waals surface area contributed by atoms with Crippen molar-refractivity contribution in [1.82, 2.24) is 0 Å². The quantitative estimate of drug-likeness (QED) is 0.217. The van der Waals surface area contributed by atoms with Crippen molar-refractivity contribution in [2.24, 2.45) is 0 Å². The fourth-order valence-electron chi connectivity index (χ4n) is 3.38. The van der Waals surface area contributed by atoms with E-state index in [1.54, 1.807) is 0 Å². The predicted octanol–water partition coefficient (Wildman–Crippen LogP) is 8.41. The topological polar surface area (TPSA) is 0 Å². The van der Waals surface area contributed by atoms with Crippen molar-refractivity contribution in [3.63, 3.8) is 0 Å². The number of rotatable bonds is 8. The van der Waals surface area contributed by atoms with E-state index in [2.05, 4.69) is 104 Å². The average molecular weight is 446 g/mol. The maximum absolute atomic E-state index is 2.36. The van der Waals surface area contributed by atoms with Gasteiger partial charge in [-0.25, -0.2) is 24.3 Å². The first-order chi connectivity index (χ1) is 12.2. The third-order valence-electron chi connectivity index (χ3n) is 4.85. The first-order valence-electron chi connectivity index (χ1n) is 10.1. The van der Waals surface area contributed by atoms with Gasteiger partial charge in [-0.2, -0.15) is 35.4 Å². The van der Waals surface area contributed by atoms with E-state index in [0.717, 1.165) is 22.6 Å². The van der Waals surface area contributed by atoms with Gasteiger partial charge in [-0.3, -0.25) is 0 Å². The average Bonchev–Trinajstić information content (AvgIpc) is 3.23. The maximum atomic E-state index is 2.36. The summed E-state index contributed by atoms with van der Waals surface area (Å²) in [6.45, 7) is 18.8. The molecular formula is C24H40FeP2. The van der Waals surface area contributed by atoms with Gasteiger partial charge in [-0.05, 0) is 35.0 Å². The van der Waals surface area contributed by atoms with Crippen molar-refractivity contribution < 1.29 is 17.1 Å². The molecular weight excluding hydrogens is 406 g/mol. The minimum atomic E-state index is 0. The van der Waals surface area contributed by atoms with Crippen LogP contribution in [0.2, 0.25) is 0 Å². The van der Waals surface area contributed by atoms with E-state index >= 15 is 0 Å². The molecule has 2 rings (SSSR count). The molecule has 0 saturated carbocycles. The fourth-order valence-corrected chi connectivity index (χ4v) is 8.49. The summed E-state index contributed by atoms with van der Waals surface area (Å²) in [6, 6.07) is 17.6. The van der Waals surface area contributed by atoms with Crippen LogP contribution in [-0.2, 0) is 29.4 Å². The van der Waals surface area contributed by atoms with E-state index in [1.165, 1.54) is 23.5 Å². The van der Waals surface area contributed by atoms with E-state index < -0.39 is 0 Å². The molecule has 0 spiro atoms. The molecule has 3 heteroatoms. The van der Waals surface area contributed by atoms with Gasteiger partial charge in [0.25, 0.3) is 0 Å². The van der Waals surface area contributed by atoms with Gasteiger partial charge in [-0.1, -0.05) is 71.2 Å². The van der Waals surface area contributed by atoms with Crippen LogP contribution in [0.5, 0.6) is 0 Å². The van der Waals surface area contributed by atoms with Crippen LogP contribution in [0.15, 0.2) is 48.5 Å². The van der Waals surface area contributed by atoms with Crippen LogP contribution in [0.4, 0.5) is 0 Å². The van der Waals surface area contributed by atoms with Gasteiger partial charge in [0.05, 0.1) is 0 Å². The summed E-state index contributed by atoms with van der Waals surface area (Å²) >= 11 is 0. The normalized spacial score (nSPS) is 11.5. The van der Waals surface area contributed by atoms with E-state index in [4.69, 9.17) is 0 Å². The number of hydrogen-bond donors (Lipinski definition) is 0. The van der Waals surface area contributed by atoms with Gasteiger partial charge in [0.15, 0.2) is 0 Å². The van der Waals surface area contributed by atoms with Crippen molar-refractivity contribution >= 4 is 15.8 Å². The summed E-state index contributed by atoms with van der Waals surface area (Å²) in [5.74, 6) is 0. The number of hydrogen-bond acceptors (Lipinski definition) is 0. The van der Waals surface area contributed by atoms with Gasteiger partial charge in [0, 0.05) is 0 Å². The van der Waals surface area contributed by atoms with Crippen LogP contribution >= 0.6 is 15.8 Å². The second kappa shape index (κ2) is 14.1. The van der Waals surface area contributed by atoms with Gasteiger partial charge in [0.2, 0.25) is 0 Å². The molecule has 0 bridgehead atoms. The molecule has 0 aliphatic heterocycles. The summed E-state index contributed by atoms with van der Waals surface area (Å²) in [5.41, 5.74) is 6.45. The Balaban J connectivity index is 0.000000483. The first-order valence-corrected chi connectivity index (χ1v) is 13.5. The molecule has 0 fully saturated rings. The van der Waals surface area contributed by atoms with Crippen LogP contribution in [0.25, 0.3) is 0 Å². The molecule has 154 valence electrons. The second-order valence-corrected chi connectivity index (χ2v) is 15.1. The Kier molecular flexibility index (Phi) is 14.2. The van der Waals surface area contributed by atoms with Gasteiger partial charge in [0.1, 0.15) is 0 Å². The molecule has 0 atom stereocenters. The fraction of sp³-hybridized carbons (Fsp3) is 0.583. The largest absolute Gasteiger partial charge is 2.00 e. The van der Waals surface area contributed by atoms with E-state index in [-0.39, 0.29) is 32.9 Å². The predicted molar refractivity (Wildman–Crippen MR) is 126 cm³/mol. The minimum absolute atomic E-state index is 0. The minimum Gasteiger partial charge on any atom is -0.213 e. The van der Waals surface area contributed by atoms with Gasteiger partial charge in [-0.15, -0.1) is 0 Å². The summed E-state index contributed by atoms with van der Waals surface area (Å²) in [6.07, 6.45) is 2.61. The van der Waals surface area contributed by atoms with Crippen molar-refractivity contribution in [2.45, 2.75) is 90.3 Å². The summed E-state index contributed by atoms with van der Waals surface area (Å²) < 4.78 is 0. The molecule has 0 N–H and O–H groups in total. The molecule has 0 nitrogen and oxygen atoms in total. The molecule has 0 heterocycles. The molecule has 0 aliphatic carbocycles. The maximum Gasteiger partial charge on any atom is 2.00 e. The van der Waals surface area contributed by atoms with E-state index in [1.807, 2.05) is 0 Å². The molecule has 0 unspecified atom stereocenters. The zero-order valence-corrected chi connectivity index (χ0v) is 21.5. The standard InChI is InChI=1S/2C12H20P.Fe/c2*1-10(2)13(11(3)4)9-12-7-5-6-8-12;/h2*5-8,10-11H,9H2,1-4H3;/q2*-1;+2. The molecule has 0 aliphatic rings. The molecule has 0 saturated heterocycles. The van der Waals surface area contributed by atoms with Crippen molar-refractivity contribution in [1.29, 1.82) is 0 Å². The van der Waals surface area contributed by atoms with Crippen molar-refractivity contribution in [3.05, 3.63) is 59.7 Å². The molecule has 0 aromatic heterocycles. The molecule has 2 aromatic carbocycles. The Morgan fingerprint density at radius 2 is 0.926 bits per heavy atom. The smallest absolute Gasteiger partial charge is 0.213 e. The SMILES string of the molecule is CC(C)P(Cc1ccc[cH-]1)C(C)C.CC(C)P(Cc1ccc[cH-]1)C(C)C.[Fe+2]. The zero-order valence-electron chi connectivity index (χ0n) is 18.6.